The van der Waals surface area contributed by atoms with Crippen molar-refractivity contribution in [2.45, 2.75) is 13.8 Å². The average molecular weight is 238 g/mol. The van der Waals surface area contributed by atoms with Crippen LogP contribution < -0.4 is 5.73 Å². The van der Waals surface area contributed by atoms with Crippen molar-refractivity contribution < 1.29 is 4.42 Å². The van der Waals surface area contributed by atoms with E-state index in [1.807, 2.05) is 37.3 Å². The summed E-state index contributed by atoms with van der Waals surface area (Å²) >= 11 is 0. The molecule has 2 aromatic carbocycles. The van der Waals surface area contributed by atoms with E-state index < -0.39 is 0 Å². The Hall–Kier alpha value is -2.29. The Kier molecular flexibility index (Phi) is 2.33. The van der Waals surface area contributed by atoms with Crippen molar-refractivity contribution in [3.8, 4) is 11.5 Å². The molecule has 2 N–H and O–H groups in total. The van der Waals surface area contributed by atoms with Crippen molar-refractivity contribution in [2.24, 2.45) is 0 Å². The third-order valence-corrected chi connectivity index (χ3v) is 2.99. The molecule has 0 aliphatic heterocycles. The number of aryl methyl sites for hydroxylation is 2. The second kappa shape index (κ2) is 3.88. The minimum atomic E-state index is 0.638. The van der Waals surface area contributed by atoms with Crippen molar-refractivity contribution in [3.05, 3.63) is 47.5 Å². The molecule has 90 valence electrons. The first-order valence-electron chi connectivity index (χ1n) is 5.87. The molecule has 0 radical (unpaired) electrons. The van der Waals surface area contributed by atoms with Crippen LogP contribution in [-0.2, 0) is 0 Å². The van der Waals surface area contributed by atoms with Crippen LogP contribution in [0.4, 0.5) is 5.69 Å². The van der Waals surface area contributed by atoms with Gasteiger partial charge in [-0.05, 0) is 55.3 Å². The predicted octanol–water partition coefficient (Wildman–Crippen LogP) is 3.69. The van der Waals surface area contributed by atoms with E-state index in [1.165, 1.54) is 5.56 Å². The Labute approximate surface area is 105 Å². The van der Waals surface area contributed by atoms with Crippen molar-refractivity contribution in [3.63, 3.8) is 0 Å². The molecule has 0 bridgehead atoms. The summed E-state index contributed by atoms with van der Waals surface area (Å²) in [5.74, 6) is 0.638. The Balaban J connectivity index is 2.19. The number of nitrogens with zero attached hydrogens (tertiary/aromatic N) is 1. The van der Waals surface area contributed by atoms with Gasteiger partial charge < -0.3 is 10.2 Å². The van der Waals surface area contributed by atoms with Crippen molar-refractivity contribution in [1.29, 1.82) is 0 Å². The zero-order valence-electron chi connectivity index (χ0n) is 10.4. The zero-order valence-corrected chi connectivity index (χ0v) is 10.4. The molecule has 3 heteroatoms. The molecule has 3 nitrogen and oxygen atoms in total. The normalized spacial score (nSPS) is 11.0. The molecular formula is C15H14N2O. The fourth-order valence-corrected chi connectivity index (χ4v) is 2.12. The standard InChI is InChI=1S/C15H14N2O/c1-9-7-10(2)14-13(8-9)18-15(17-14)11-3-5-12(16)6-4-11/h3-8H,16H2,1-2H3. The minimum Gasteiger partial charge on any atom is -0.436 e. The largest absolute Gasteiger partial charge is 0.436 e. The predicted molar refractivity (Wildman–Crippen MR) is 73.3 cm³/mol. The lowest BCUT2D eigenvalue weighted by atomic mass is 10.1. The average Bonchev–Trinajstić information content (AvgIpc) is 2.74. The van der Waals surface area contributed by atoms with Crippen LogP contribution in [0.1, 0.15) is 11.1 Å². The van der Waals surface area contributed by atoms with Crippen LogP contribution in [-0.4, -0.2) is 4.98 Å². The van der Waals surface area contributed by atoms with E-state index in [4.69, 9.17) is 10.2 Å². The number of hydrogen-bond donors (Lipinski definition) is 1. The number of aromatic nitrogens is 1. The second-order valence-corrected chi connectivity index (χ2v) is 4.57. The number of oxazole rings is 1. The van der Waals surface area contributed by atoms with Gasteiger partial charge in [-0.25, -0.2) is 4.98 Å². The van der Waals surface area contributed by atoms with Gasteiger partial charge in [0.1, 0.15) is 5.52 Å². The fourth-order valence-electron chi connectivity index (χ4n) is 2.12. The van der Waals surface area contributed by atoms with Crippen molar-refractivity contribution >= 4 is 16.8 Å². The van der Waals surface area contributed by atoms with Crippen LogP contribution >= 0.6 is 0 Å². The van der Waals surface area contributed by atoms with Crippen LogP contribution in [0.25, 0.3) is 22.6 Å². The van der Waals surface area contributed by atoms with Crippen LogP contribution in [0.5, 0.6) is 0 Å². The summed E-state index contributed by atoms with van der Waals surface area (Å²) in [6.45, 7) is 4.10. The zero-order chi connectivity index (χ0) is 12.7. The van der Waals surface area contributed by atoms with E-state index in [2.05, 4.69) is 18.0 Å². The third-order valence-electron chi connectivity index (χ3n) is 2.99. The molecule has 1 heterocycles. The third kappa shape index (κ3) is 1.74. The van der Waals surface area contributed by atoms with Crippen molar-refractivity contribution in [1.82, 2.24) is 4.98 Å². The van der Waals surface area contributed by atoms with Gasteiger partial charge in [0.2, 0.25) is 5.89 Å². The van der Waals surface area contributed by atoms with Crippen molar-refractivity contribution in [2.75, 3.05) is 5.73 Å². The number of benzene rings is 2. The molecule has 0 unspecified atom stereocenters. The van der Waals surface area contributed by atoms with Crippen LogP contribution in [0.2, 0.25) is 0 Å². The Morgan fingerprint density at radius 2 is 1.78 bits per heavy atom. The first-order chi connectivity index (χ1) is 8.63. The first-order valence-corrected chi connectivity index (χ1v) is 5.87. The number of anilines is 1. The van der Waals surface area contributed by atoms with E-state index in [9.17, 15) is 0 Å². The lowest BCUT2D eigenvalue weighted by Gasteiger charge is -1.95. The Bertz CT molecular complexity index is 711. The minimum absolute atomic E-state index is 0.638. The van der Waals surface area contributed by atoms with E-state index in [0.29, 0.717) is 5.89 Å². The van der Waals surface area contributed by atoms with Gasteiger partial charge in [0, 0.05) is 11.3 Å². The molecule has 0 aliphatic carbocycles. The second-order valence-electron chi connectivity index (χ2n) is 4.57. The fraction of sp³-hybridized carbons (Fsp3) is 0.133. The highest BCUT2D eigenvalue weighted by atomic mass is 16.3. The molecule has 0 aliphatic rings. The van der Waals surface area contributed by atoms with Crippen LogP contribution in [0.15, 0.2) is 40.8 Å². The van der Waals surface area contributed by atoms with E-state index in [0.717, 1.165) is 27.9 Å². The molecule has 0 spiro atoms. The molecule has 0 amide bonds. The molecule has 0 atom stereocenters. The quantitative estimate of drug-likeness (QED) is 0.658. The summed E-state index contributed by atoms with van der Waals surface area (Å²) in [5.41, 5.74) is 11.4. The molecule has 0 fully saturated rings. The van der Waals surface area contributed by atoms with Gasteiger partial charge in [-0.3, -0.25) is 0 Å². The van der Waals surface area contributed by atoms with Gasteiger partial charge in [-0.2, -0.15) is 0 Å². The molecule has 18 heavy (non-hydrogen) atoms. The maximum Gasteiger partial charge on any atom is 0.227 e. The topological polar surface area (TPSA) is 52.0 Å². The number of fused-ring (bicyclic) bond motifs is 1. The Morgan fingerprint density at radius 1 is 1.06 bits per heavy atom. The highest BCUT2D eigenvalue weighted by Crippen LogP contribution is 2.27. The van der Waals surface area contributed by atoms with E-state index in [1.54, 1.807) is 0 Å². The summed E-state index contributed by atoms with van der Waals surface area (Å²) < 4.78 is 5.80. The molecule has 0 saturated heterocycles. The summed E-state index contributed by atoms with van der Waals surface area (Å²) in [4.78, 5) is 4.55. The van der Waals surface area contributed by atoms with Gasteiger partial charge >= 0.3 is 0 Å². The Morgan fingerprint density at radius 3 is 2.50 bits per heavy atom. The number of hydrogen-bond acceptors (Lipinski definition) is 3. The first kappa shape index (κ1) is 10.8. The summed E-state index contributed by atoms with van der Waals surface area (Å²) in [7, 11) is 0. The van der Waals surface area contributed by atoms with Crippen LogP contribution in [0, 0.1) is 13.8 Å². The highest BCUT2D eigenvalue weighted by Gasteiger charge is 2.10. The van der Waals surface area contributed by atoms with Crippen LogP contribution in [0.3, 0.4) is 0 Å². The maximum absolute atomic E-state index is 5.80. The molecule has 0 saturated carbocycles. The monoisotopic (exact) mass is 238 g/mol. The lowest BCUT2D eigenvalue weighted by Crippen LogP contribution is -1.84. The van der Waals surface area contributed by atoms with Gasteiger partial charge in [0.05, 0.1) is 0 Å². The van der Waals surface area contributed by atoms with Gasteiger partial charge in [-0.15, -0.1) is 0 Å². The molecule has 1 aromatic heterocycles. The molecule has 3 aromatic rings. The summed E-state index contributed by atoms with van der Waals surface area (Å²) in [5, 5.41) is 0. The lowest BCUT2D eigenvalue weighted by molar-refractivity contribution is 0.619. The number of nitrogen functional groups attached to an aromatic ring is 1. The van der Waals surface area contributed by atoms with Gasteiger partial charge in [0.25, 0.3) is 0 Å². The smallest absolute Gasteiger partial charge is 0.227 e. The van der Waals surface area contributed by atoms with E-state index in [-0.39, 0.29) is 0 Å². The van der Waals surface area contributed by atoms with Gasteiger partial charge in [0.15, 0.2) is 5.58 Å². The summed E-state index contributed by atoms with van der Waals surface area (Å²) in [6.07, 6.45) is 0. The van der Waals surface area contributed by atoms with E-state index >= 15 is 0 Å². The summed E-state index contributed by atoms with van der Waals surface area (Å²) in [6, 6.07) is 11.7. The number of rotatable bonds is 1. The number of nitrogens with two attached hydrogens (primary N) is 1. The maximum atomic E-state index is 5.80. The van der Waals surface area contributed by atoms with Gasteiger partial charge in [-0.1, -0.05) is 6.07 Å². The highest BCUT2D eigenvalue weighted by molar-refractivity contribution is 5.80. The molecular weight excluding hydrogens is 224 g/mol. The molecule has 3 rings (SSSR count). The SMILES string of the molecule is Cc1cc(C)c2nc(-c3ccc(N)cc3)oc2c1.